The second kappa shape index (κ2) is 6.01. The van der Waals surface area contributed by atoms with E-state index in [2.05, 4.69) is 0 Å². The van der Waals surface area contributed by atoms with Gasteiger partial charge in [0.1, 0.15) is 24.4 Å². The minimum Gasteiger partial charge on any atom is -0.394 e. The summed E-state index contributed by atoms with van der Waals surface area (Å²) in [6.07, 6.45) is -11.1. The molecular weight excluding hydrogens is 275 g/mol. The van der Waals surface area contributed by atoms with Crippen molar-refractivity contribution in [1.82, 2.24) is 5.32 Å². The highest BCUT2D eigenvalue weighted by molar-refractivity contribution is 5.82. The van der Waals surface area contributed by atoms with Crippen molar-refractivity contribution in [3.63, 3.8) is 0 Å². The maximum absolute atomic E-state index is 12.1. The van der Waals surface area contributed by atoms with Gasteiger partial charge in [-0.1, -0.05) is 0 Å². The molecular formula is C9H14F3NO6. The molecule has 0 aromatic carbocycles. The summed E-state index contributed by atoms with van der Waals surface area (Å²) in [6.45, 7) is -0.669. The average molecular weight is 289 g/mol. The molecule has 0 radical (unpaired) electrons. The van der Waals surface area contributed by atoms with Crippen LogP contribution in [0, 0.1) is 0 Å². The van der Waals surface area contributed by atoms with Crippen LogP contribution >= 0.6 is 0 Å². The van der Waals surface area contributed by atoms with Gasteiger partial charge in [-0.2, -0.15) is 13.2 Å². The summed E-state index contributed by atoms with van der Waals surface area (Å²) in [5.74, 6) is -2.29. The summed E-state index contributed by atoms with van der Waals surface area (Å²) < 4.78 is 45.8. The lowest BCUT2D eigenvalue weighted by Crippen LogP contribution is -2.65. The molecule has 4 N–H and O–H groups in total. The van der Waals surface area contributed by atoms with E-state index in [4.69, 9.17) is 14.6 Å². The van der Waals surface area contributed by atoms with Gasteiger partial charge < -0.3 is 30.1 Å². The highest BCUT2D eigenvalue weighted by atomic mass is 19.4. The van der Waals surface area contributed by atoms with Gasteiger partial charge in [0.25, 0.3) is 0 Å². The van der Waals surface area contributed by atoms with E-state index >= 15 is 0 Å². The van der Waals surface area contributed by atoms with Gasteiger partial charge in [-0.15, -0.1) is 0 Å². The van der Waals surface area contributed by atoms with Crippen LogP contribution in [0.1, 0.15) is 0 Å². The molecule has 0 bridgehead atoms. The Labute approximate surface area is 105 Å². The Kier molecular flexibility index (Phi) is 5.10. The predicted molar refractivity (Wildman–Crippen MR) is 52.8 cm³/mol. The molecule has 1 rings (SSSR count). The van der Waals surface area contributed by atoms with Gasteiger partial charge in [0.15, 0.2) is 6.29 Å². The molecule has 0 aliphatic carbocycles. The Morgan fingerprint density at radius 1 is 1.42 bits per heavy atom. The quantitative estimate of drug-likeness (QED) is 0.484. The molecule has 1 amide bonds. The Hall–Kier alpha value is -0.940. The molecule has 0 saturated carbocycles. The fraction of sp³-hybridized carbons (Fsp3) is 0.889. The molecule has 0 spiro atoms. The third kappa shape index (κ3) is 3.54. The molecule has 1 aliphatic rings. The third-order valence-electron chi connectivity index (χ3n) is 2.70. The van der Waals surface area contributed by atoms with Crippen molar-refractivity contribution in [3.8, 4) is 0 Å². The number of hydrogen-bond acceptors (Lipinski definition) is 6. The maximum atomic E-state index is 12.1. The first kappa shape index (κ1) is 16.1. The van der Waals surface area contributed by atoms with E-state index in [1.54, 1.807) is 0 Å². The van der Waals surface area contributed by atoms with Gasteiger partial charge in [-0.3, -0.25) is 4.79 Å². The second-order valence-corrected chi connectivity index (χ2v) is 3.94. The van der Waals surface area contributed by atoms with Crippen molar-refractivity contribution in [3.05, 3.63) is 0 Å². The first-order chi connectivity index (χ1) is 8.72. The first-order valence-corrected chi connectivity index (χ1v) is 5.25. The molecule has 7 nitrogen and oxygen atoms in total. The lowest BCUT2D eigenvalue weighted by molar-refractivity contribution is -0.260. The van der Waals surface area contributed by atoms with Crippen LogP contribution in [0.25, 0.3) is 0 Å². The summed E-state index contributed by atoms with van der Waals surface area (Å²) in [5.41, 5.74) is 0. The molecule has 1 heterocycles. The van der Waals surface area contributed by atoms with Crippen molar-refractivity contribution < 1.29 is 42.8 Å². The number of amides is 1. The van der Waals surface area contributed by atoms with Crippen LogP contribution in [0.3, 0.4) is 0 Å². The van der Waals surface area contributed by atoms with Gasteiger partial charge in [0.05, 0.1) is 6.61 Å². The number of hydrogen-bond donors (Lipinski definition) is 4. The lowest BCUT2D eigenvalue weighted by atomic mass is 9.97. The lowest BCUT2D eigenvalue weighted by Gasteiger charge is -2.41. The van der Waals surface area contributed by atoms with Crippen LogP contribution in [0.2, 0.25) is 0 Å². The summed E-state index contributed by atoms with van der Waals surface area (Å²) in [5, 5.41) is 29.5. The van der Waals surface area contributed by atoms with E-state index in [1.165, 1.54) is 5.32 Å². The highest BCUT2D eigenvalue weighted by Gasteiger charge is 2.48. The van der Waals surface area contributed by atoms with Gasteiger partial charge >= 0.3 is 12.1 Å². The molecule has 1 aliphatic heterocycles. The average Bonchev–Trinajstić information content (AvgIpc) is 2.32. The van der Waals surface area contributed by atoms with E-state index in [-0.39, 0.29) is 0 Å². The SMILES string of the molecule is COC1C(NC(=O)C(F)(F)F)C(O)O[C@H](CO)C1O. The normalized spacial score (nSPS) is 36.1. The number of methoxy groups -OCH3 is 1. The van der Waals surface area contributed by atoms with Crippen molar-refractivity contribution in [2.45, 2.75) is 36.8 Å². The van der Waals surface area contributed by atoms with E-state index in [9.17, 15) is 28.2 Å². The van der Waals surface area contributed by atoms with Gasteiger partial charge in [-0.05, 0) is 0 Å². The summed E-state index contributed by atoms with van der Waals surface area (Å²) >= 11 is 0. The van der Waals surface area contributed by atoms with Crippen LogP contribution in [-0.2, 0) is 14.3 Å². The zero-order chi connectivity index (χ0) is 14.8. The molecule has 10 heteroatoms. The Morgan fingerprint density at radius 3 is 2.42 bits per heavy atom. The maximum Gasteiger partial charge on any atom is 0.471 e. The first-order valence-electron chi connectivity index (χ1n) is 5.25. The van der Waals surface area contributed by atoms with E-state index < -0.39 is 49.3 Å². The van der Waals surface area contributed by atoms with E-state index in [0.29, 0.717) is 0 Å². The molecule has 1 saturated heterocycles. The van der Waals surface area contributed by atoms with Crippen molar-refractivity contribution >= 4 is 5.91 Å². The smallest absolute Gasteiger partial charge is 0.394 e. The number of rotatable bonds is 3. The van der Waals surface area contributed by atoms with Crippen LogP contribution in [-0.4, -0.2) is 71.8 Å². The number of aliphatic hydroxyl groups excluding tert-OH is 3. The van der Waals surface area contributed by atoms with Crippen molar-refractivity contribution in [2.24, 2.45) is 0 Å². The van der Waals surface area contributed by atoms with Gasteiger partial charge in [-0.25, -0.2) is 0 Å². The Morgan fingerprint density at radius 2 is 2.00 bits per heavy atom. The van der Waals surface area contributed by atoms with Crippen LogP contribution in [0.4, 0.5) is 13.2 Å². The number of carbonyl (C=O) groups excluding carboxylic acids is 1. The zero-order valence-corrected chi connectivity index (χ0v) is 9.79. The van der Waals surface area contributed by atoms with E-state index in [0.717, 1.165) is 7.11 Å². The standard InChI is InChI=1S/C9H14F3NO6/c1-18-6-4(13-8(17)9(10,11)12)7(16)19-3(2-14)5(6)15/h3-7,14-16H,2H2,1H3,(H,13,17)/t3-,4?,5?,6?,7?/m1/s1. The van der Waals surface area contributed by atoms with Crippen molar-refractivity contribution in [2.75, 3.05) is 13.7 Å². The highest BCUT2D eigenvalue weighted by Crippen LogP contribution is 2.23. The molecule has 1 fully saturated rings. The zero-order valence-electron chi connectivity index (χ0n) is 9.79. The monoisotopic (exact) mass is 289 g/mol. The molecule has 4 unspecified atom stereocenters. The minimum absolute atomic E-state index is 0.669. The van der Waals surface area contributed by atoms with Crippen molar-refractivity contribution in [1.29, 1.82) is 0 Å². The molecule has 5 atom stereocenters. The largest absolute Gasteiger partial charge is 0.471 e. The van der Waals surface area contributed by atoms with Gasteiger partial charge in [0.2, 0.25) is 0 Å². The molecule has 112 valence electrons. The number of nitrogens with one attached hydrogen (secondary N) is 1. The summed E-state index contributed by atoms with van der Waals surface area (Å²) in [6, 6.07) is -1.61. The van der Waals surface area contributed by atoms with Crippen LogP contribution in [0.15, 0.2) is 0 Å². The van der Waals surface area contributed by atoms with E-state index in [1.807, 2.05) is 0 Å². The second-order valence-electron chi connectivity index (χ2n) is 3.94. The molecule has 0 aromatic heterocycles. The minimum atomic E-state index is -5.14. The van der Waals surface area contributed by atoms with Crippen LogP contribution < -0.4 is 5.32 Å². The molecule has 0 aromatic rings. The fourth-order valence-corrected chi connectivity index (χ4v) is 1.75. The number of alkyl halides is 3. The Balaban J connectivity index is 2.83. The van der Waals surface area contributed by atoms with Crippen LogP contribution in [0.5, 0.6) is 0 Å². The fourth-order valence-electron chi connectivity index (χ4n) is 1.75. The topological polar surface area (TPSA) is 108 Å². The Bertz CT molecular complexity index is 326. The number of halogens is 3. The number of carbonyl (C=O) groups is 1. The third-order valence-corrected chi connectivity index (χ3v) is 2.70. The molecule has 19 heavy (non-hydrogen) atoms. The van der Waals surface area contributed by atoms with Gasteiger partial charge in [0, 0.05) is 7.11 Å². The number of aliphatic hydroxyl groups is 3. The summed E-state index contributed by atoms with van der Waals surface area (Å²) in [4.78, 5) is 10.8. The summed E-state index contributed by atoms with van der Waals surface area (Å²) in [7, 11) is 1.08. The number of ether oxygens (including phenoxy) is 2. The predicted octanol–water partition coefficient (Wildman–Crippen LogP) is -1.88.